The van der Waals surface area contributed by atoms with Gasteiger partial charge in [-0.15, -0.1) is 0 Å². The maximum atomic E-state index is 12.9. The Kier molecular flexibility index (Phi) is 6.47. The number of nitrogens with one attached hydrogen (secondary N) is 3. The first-order valence-corrected chi connectivity index (χ1v) is 9.96. The Morgan fingerprint density at radius 2 is 1.79 bits per heavy atom. The van der Waals surface area contributed by atoms with E-state index in [1.54, 1.807) is 0 Å². The Hall–Kier alpha value is -2.66. The molecule has 0 radical (unpaired) electrons. The number of aryl methyl sites for hydroxylation is 1. The number of carbonyl (C=O) groups is 2. The average molecular weight is 380 g/mol. The Balaban J connectivity index is 1.67. The van der Waals surface area contributed by atoms with Crippen molar-refractivity contribution in [2.45, 2.75) is 52.2 Å². The summed E-state index contributed by atoms with van der Waals surface area (Å²) in [7, 11) is 0. The summed E-state index contributed by atoms with van der Waals surface area (Å²) in [6.45, 7) is 6.68. The third kappa shape index (κ3) is 4.78. The highest BCUT2D eigenvalue weighted by Gasteiger charge is 2.30. The lowest BCUT2D eigenvalue weighted by atomic mass is 9.94. The van der Waals surface area contributed by atoms with E-state index in [2.05, 4.69) is 28.1 Å². The molecular weight excluding hydrogens is 350 g/mol. The van der Waals surface area contributed by atoms with Crippen molar-refractivity contribution in [1.82, 2.24) is 10.6 Å². The quantitative estimate of drug-likeness (QED) is 0.722. The van der Waals surface area contributed by atoms with E-state index >= 15 is 0 Å². The van der Waals surface area contributed by atoms with Gasteiger partial charge in [-0.2, -0.15) is 0 Å². The predicted molar refractivity (Wildman–Crippen MR) is 112 cm³/mol. The number of rotatable bonds is 6. The van der Waals surface area contributed by atoms with Crippen molar-refractivity contribution in [3.05, 3.63) is 65.2 Å². The molecule has 0 fully saturated rings. The molecule has 0 saturated carbocycles. The topological polar surface area (TPSA) is 70.2 Å². The lowest BCUT2D eigenvalue weighted by Gasteiger charge is -2.29. The fourth-order valence-electron chi connectivity index (χ4n) is 3.45. The van der Waals surface area contributed by atoms with Gasteiger partial charge in [0.15, 0.2) is 0 Å². The first-order chi connectivity index (χ1) is 13.5. The minimum Gasteiger partial charge on any atom is -0.343 e. The fraction of sp³-hybridized carbons (Fsp3) is 0.391. The van der Waals surface area contributed by atoms with Crippen molar-refractivity contribution in [1.29, 1.82) is 0 Å². The first kappa shape index (κ1) is 20.1. The van der Waals surface area contributed by atoms with Crippen LogP contribution >= 0.6 is 0 Å². The standard InChI is InChI=1S/C23H29N3O2/c1-4-16(3)21(23(28)25-19-11-9-15(2)10-12-19)26-22(27)20-13-17-7-5-6-8-18(17)14-24-20/h5-12,16,20-21,24H,4,13-14H2,1-3H3,(H,25,28)(H,26,27)/t16-,20-,21+/m0/s1. The number of carbonyl (C=O) groups excluding carboxylic acids is 2. The van der Waals surface area contributed by atoms with Crippen LogP contribution in [-0.2, 0) is 22.6 Å². The van der Waals surface area contributed by atoms with E-state index in [0.717, 1.165) is 17.7 Å². The third-order valence-electron chi connectivity index (χ3n) is 5.51. The van der Waals surface area contributed by atoms with Crippen LogP contribution in [-0.4, -0.2) is 23.9 Å². The Morgan fingerprint density at radius 1 is 1.11 bits per heavy atom. The number of hydrogen-bond acceptors (Lipinski definition) is 3. The summed E-state index contributed by atoms with van der Waals surface area (Å²) in [6, 6.07) is 14.9. The molecule has 2 aromatic rings. The zero-order valence-corrected chi connectivity index (χ0v) is 16.8. The summed E-state index contributed by atoms with van der Waals surface area (Å²) in [5, 5.41) is 9.21. The minimum absolute atomic E-state index is 0.0327. The molecule has 3 rings (SSSR count). The monoisotopic (exact) mass is 379 g/mol. The Labute approximate surface area is 166 Å². The maximum absolute atomic E-state index is 12.9. The van der Waals surface area contributed by atoms with Gasteiger partial charge in [-0.3, -0.25) is 9.59 Å². The van der Waals surface area contributed by atoms with Crippen molar-refractivity contribution in [3.63, 3.8) is 0 Å². The van der Waals surface area contributed by atoms with Crippen molar-refractivity contribution >= 4 is 17.5 Å². The van der Waals surface area contributed by atoms with Crippen LogP contribution in [0.25, 0.3) is 0 Å². The van der Waals surface area contributed by atoms with Gasteiger partial charge >= 0.3 is 0 Å². The van der Waals surface area contributed by atoms with Crippen LogP contribution in [0.5, 0.6) is 0 Å². The van der Waals surface area contributed by atoms with Crippen LogP contribution in [0.15, 0.2) is 48.5 Å². The van der Waals surface area contributed by atoms with Crippen LogP contribution in [0.3, 0.4) is 0 Å². The molecule has 1 aliphatic heterocycles. The van der Waals surface area contributed by atoms with E-state index in [9.17, 15) is 9.59 Å². The van der Waals surface area contributed by atoms with E-state index in [1.165, 1.54) is 11.1 Å². The molecular formula is C23H29N3O2. The number of anilines is 1. The largest absolute Gasteiger partial charge is 0.343 e. The van der Waals surface area contributed by atoms with Crippen LogP contribution < -0.4 is 16.0 Å². The molecule has 1 heterocycles. The van der Waals surface area contributed by atoms with E-state index in [1.807, 2.05) is 57.2 Å². The van der Waals surface area contributed by atoms with Gasteiger partial charge in [0.2, 0.25) is 11.8 Å². The van der Waals surface area contributed by atoms with Crippen LogP contribution in [0.2, 0.25) is 0 Å². The summed E-state index contributed by atoms with van der Waals surface area (Å²) in [5.74, 6) is -0.271. The second-order valence-electron chi connectivity index (χ2n) is 7.63. The van der Waals surface area contributed by atoms with Crippen molar-refractivity contribution < 1.29 is 9.59 Å². The molecule has 2 aromatic carbocycles. The summed E-state index contributed by atoms with van der Waals surface area (Å²) in [6.07, 6.45) is 1.43. The molecule has 5 heteroatoms. The molecule has 148 valence electrons. The van der Waals surface area contributed by atoms with Gasteiger partial charge < -0.3 is 16.0 Å². The molecule has 0 bridgehead atoms. The van der Waals surface area contributed by atoms with Gasteiger partial charge in [-0.25, -0.2) is 0 Å². The molecule has 28 heavy (non-hydrogen) atoms. The highest BCUT2D eigenvalue weighted by Crippen LogP contribution is 2.18. The minimum atomic E-state index is -0.572. The summed E-state index contributed by atoms with van der Waals surface area (Å²) in [4.78, 5) is 25.8. The second-order valence-corrected chi connectivity index (χ2v) is 7.63. The van der Waals surface area contributed by atoms with E-state index in [0.29, 0.717) is 13.0 Å². The highest BCUT2D eigenvalue weighted by molar-refractivity contribution is 5.98. The highest BCUT2D eigenvalue weighted by atomic mass is 16.2. The zero-order valence-electron chi connectivity index (χ0n) is 16.8. The molecule has 1 aliphatic rings. The van der Waals surface area contributed by atoms with Gasteiger partial charge in [-0.05, 0) is 42.5 Å². The van der Waals surface area contributed by atoms with Gasteiger partial charge in [0.05, 0.1) is 6.04 Å². The SMILES string of the molecule is CC[C@H](C)[C@@H](NC(=O)[C@@H]1Cc2ccccc2CN1)C(=O)Nc1ccc(C)cc1. The van der Waals surface area contributed by atoms with Crippen molar-refractivity contribution in [2.75, 3.05) is 5.32 Å². The normalized spacial score (nSPS) is 17.9. The van der Waals surface area contributed by atoms with Gasteiger partial charge in [0.25, 0.3) is 0 Å². The van der Waals surface area contributed by atoms with Crippen molar-refractivity contribution in [3.8, 4) is 0 Å². The third-order valence-corrected chi connectivity index (χ3v) is 5.51. The fourth-order valence-corrected chi connectivity index (χ4v) is 3.45. The van der Waals surface area contributed by atoms with Gasteiger partial charge in [0.1, 0.15) is 6.04 Å². The molecule has 3 N–H and O–H groups in total. The predicted octanol–water partition coefficient (Wildman–Crippen LogP) is 3.18. The number of benzene rings is 2. The Morgan fingerprint density at radius 3 is 2.46 bits per heavy atom. The molecule has 0 aliphatic carbocycles. The lowest BCUT2D eigenvalue weighted by Crippen LogP contribution is -2.55. The van der Waals surface area contributed by atoms with Gasteiger partial charge in [-0.1, -0.05) is 62.2 Å². The average Bonchev–Trinajstić information content (AvgIpc) is 2.72. The molecule has 0 saturated heterocycles. The van der Waals surface area contributed by atoms with Crippen LogP contribution in [0.4, 0.5) is 5.69 Å². The zero-order chi connectivity index (χ0) is 20.1. The van der Waals surface area contributed by atoms with Gasteiger partial charge in [0, 0.05) is 12.2 Å². The van der Waals surface area contributed by atoms with E-state index < -0.39 is 6.04 Å². The van der Waals surface area contributed by atoms with Crippen LogP contribution in [0, 0.1) is 12.8 Å². The Bertz CT molecular complexity index is 832. The molecule has 0 spiro atoms. The van der Waals surface area contributed by atoms with Crippen LogP contribution in [0.1, 0.15) is 37.0 Å². The van der Waals surface area contributed by atoms with E-state index in [-0.39, 0.29) is 23.8 Å². The molecule has 0 unspecified atom stereocenters. The molecule has 0 aromatic heterocycles. The number of hydrogen-bond donors (Lipinski definition) is 3. The van der Waals surface area contributed by atoms with Crippen molar-refractivity contribution in [2.24, 2.45) is 5.92 Å². The summed E-state index contributed by atoms with van der Waals surface area (Å²) >= 11 is 0. The number of amides is 2. The second kappa shape index (κ2) is 9.02. The molecule has 3 atom stereocenters. The smallest absolute Gasteiger partial charge is 0.247 e. The first-order valence-electron chi connectivity index (χ1n) is 9.96. The summed E-state index contributed by atoms with van der Waals surface area (Å²) in [5.41, 5.74) is 4.28. The molecule has 2 amide bonds. The molecule has 5 nitrogen and oxygen atoms in total. The maximum Gasteiger partial charge on any atom is 0.247 e. The van der Waals surface area contributed by atoms with E-state index in [4.69, 9.17) is 0 Å². The lowest BCUT2D eigenvalue weighted by molar-refractivity contribution is -0.129. The summed E-state index contributed by atoms with van der Waals surface area (Å²) < 4.78 is 0. The number of fused-ring (bicyclic) bond motifs is 1.